The van der Waals surface area contributed by atoms with Crippen molar-refractivity contribution >= 4 is 64.6 Å². The molecule has 22 heterocycles. The van der Waals surface area contributed by atoms with Crippen molar-refractivity contribution in [1.29, 1.82) is 0 Å². The average Bonchev–Trinajstić information content (AvgIpc) is 1.56. The van der Waals surface area contributed by atoms with Crippen molar-refractivity contribution in [3.05, 3.63) is 227 Å². The molecule has 0 N–H and O–H groups in total. The van der Waals surface area contributed by atoms with Crippen LogP contribution in [0.3, 0.4) is 0 Å². The molecule has 0 radical (unpaired) electrons. The van der Waals surface area contributed by atoms with Gasteiger partial charge in [-0.1, -0.05) is 35.5 Å². The van der Waals surface area contributed by atoms with Crippen molar-refractivity contribution < 1.29 is 28.4 Å². The number of hydrogen-bond donors (Lipinski definition) is 0. The first-order chi connectivity index (χ1) is 46.1. The highest BCUT2D eigenvalue weighted by atomic mass is 16.5. The summed E-state index contributed by atoms with van der Waals surface area (Å²) in [7, 11) is 7.53. The molecule has 0 atom stereocenters. The van der Waals surface area contributed by atoms with Gasteiger partial charge in [0, 0.05) is 33.4 Å². The molecule has 0 unspecified atom stereocenters. The third-order valence-corrected chi connectivity index (χ3v) is 17.9. The summed E-state index contributed by atoms with van der Waals surface area (Å²) in [4.78, 5) is 177. The van der Waals surface area contributed by atoms with Crippen LogP contribution in [0.1, 0.15) is 66.8 Å². The third-order valence-electron chi connectivity index (χ3n) is 17.9. The zero-order valence-electron chi connectivity index (χ0n) is 51.2. The highest BCUT2D eigenvalue weighted by Gasteiger charge is 2.34. The lowest BCUT2D eigenvalue weighted by atomic mass is 9.97. The van der Waals surface area contributed by atoms with E-state index in [1.54, 1.807) is 0 Å². The third kappa shape index (κ3) is 8.06. The SMILES string of the molecule is C#Cc1c2c(=O)n3c(=O)c2c(C#C)c2c(=O)n(c(=O)c12)Cc1cc(OC)c(cc1OC)Cn1c(=O)c2c(C#C)c4c(=O)n(c(=O)c4c(C#C)c2c1=O)Cc1cc(OC)c(cc1OC)Cn1c(=O)c2c(C#C)c4c(=O)n(c(=O)c4c(C#C)c2c1=O)Cc1cc(OC)c(cc1OC)C3. The Morgan fingerprint density at radius 2 is 0.333 bits per heavy atom. The van der Waals surface area contributed by atoms with Crippen molar-refractivity contribution in [3.8, 4) is 109 Å². The molecule has 0 saturated heterocycles. The topological polar surface area (TPSA) is 290 Å². The smallest absolute Gasteiger partial charge is 0.263 e. The van der Waals surface area contributed by atoms with Gasteiger partial charge in [-0.05, 0) is 36.4 Å². The van der Waals surface area contributed by atoms with Gasteiger partial charge in [0.1, 0.15) is 34.5 Å². The molecule has 0 saturated carbocycles. The molecule has 24 heteroatoms. The Bertz CT molecular complexity index is 5390. The molecule has 468 valence electrons. The van der Waals surface area contributed by atoms with Crippen molar-refractivity contribution in [2.24, 2.45) is 0 Å². The van der Waals surface area contributed by atoms with Crippen molar-refractivity contribution in [2.45, 2.75) is 39.3 Å². The number of nitrogens with zero attached hydrogens (tertiary/aromatic N) is 6. The summed E-state index contributed by atoms with van der Waals surface area (Å²) in [6.07, 6.45) is 36.4. The van der Waals surface area contributed by atoms with E-state index < -0.39 is 204 Å². The van der Waals surface area contributed by atoms with E-state index in [1.165, 1.54) is 79.1 Å². The van der Waals surface area contributed by atoms with E-state index in [9.17, 15) is 57.5 Å². The second-order valence-electron chi connectivity index (χ2n) is 22.2. The van der Waals surface area contributed by atoms with Gasteiger partial charge in [-0.25, -0.2) is 0 Å². The molecule has 16 aliphatic rings. The second-order valence-corrected chi connectivity index (χ2v) is 22.2. The maximum Gasteiger partial charge on any atom is 0.263 e. The van der Waals surface area contributed by atoms with E-state index in [0.29, 0.717) is 0 Å². The molecule has 6 aromatic heterocycles. The van der Waals surface area contributed by atoms with Gasteiger partial charge in [0.15, 0.2) is 0 Å². The van der Waals surface area contributed by atoms with Gasteiger partial charge in [0.25, 0.3) is 66.7 Å². The predicted molar refractivity (Wildman–Crippen MR) is 356 cm³/mol. The molecule has 24 bridgehead atoms. The number of methoxy groups -OCH3 is 6. The summed E-state index contributed by atoms with van der Waals surface area (Å²) in [6.45, 7) is -3.47. The van der Waals surface area contributed by atoms with Crippen LogP contribution < -0.4 is 95.1 Å². The summed E-state index contributed by atoms with van der Waals surface area (Å²) < 4.78 is 39.0. The lowest BCUT2D eigenvalue weighted by Crippen LogP contribution is -2.28. The Labute approximate surface area is 536 Å². The second kappa shape index (κ2) is 22.0. The highest BCUT2D eigenvalue weighted by molar-refractivity contribution is 6.12. The summed E-state index contributed by atoms with van der Waals surface area (Å²) in [5, 5.41) is -5.50. The molecular formula is C72H42N6O18. The summed E-state index contributed by atoms with van der Waals surface area (Å²) >= 11 is 0. The fourth-order valence-electron chi connectivity index (χ4n) is 13.6. The quantitative estimate of drug-likeness (QED) is 0.209. The Kier molecular flexibility index (Phi) is 14.0. The minimum atomic E-state index is -1.02. The molecule has 0 aliphatic carbocycles. The van der Waals surface area contributed by atoms with E-state index >= 15 is 0 Å². The van der Waals surface area contributed by atoms with Gasteiger partial charge < -0.3 is 28.4 Å². The number of hydrogen-bond acceptors (Lipinski definition) is 18. The lowest BCUT2D eigenvalue weighted by Gasteiger charge is -2.15. The molecule has 96 heavy (non-hydrogen) atoms. The first-order valence-corrected chi connectivity index (χ1v) is 28.5. The first-order valence-electron chi connectivity index (χ1n) is 28.5. The van der Waals surface area contributed by atoms with Crippen LogP contribution in [0.2, 0.25) is 0 Å². The standard InChI is InChI=1S/C72H42N6O18/c1-13-37-49-51-38(14-2)52-50(37)62(80)74(64(52)82)26-32-20-46(94-10)34(22-44(32)92-8)28-76-67(85)55-41(17-5)59-60(42(18-6)56(55)68(76)86)72(90)78(71(59)89)30-36-24-47(95-11)35(23-48(36)96-12)29-77-69(87)57-39(15-3)53-54(40(16-4)58(57)70(77)88)66(84)75(65(53)83)27-33-21-43(91-7)31(19-45(33)93-9)25-73(61(49)79)63(51)81/h1-6,19-24H,25-30H2,7-12H3. The molecule has 16 aliphatic heterocycles. The van der Waals surface area contributed by atoms with Gasteiger partial charge in [0.05, 0.1) is 180 Å². The van der Waals surface area contributed by atoms with Crippen LogP contribution in [0.25, 0.3) is 64.6 Å². The Hall–Kier alpha value is -13.7. The maximum atomic E-state index is 14.8. The molecule has 6 aromatic carbocycles. The van der Waals surface area contributed by atoms with Crippen LogP contribution in [0.5, 0.6) is 34.5 Å². The van der Waals surface area contributed by atoms with E-state index in [-0.39, 0.29) is 67.9 Å². The van der Waals surface area contributed by atoms with E-state index in [4.69, 9.17) is 67.0 Å². The number of terminal acetylenes is 6. The molecule has 0 fully saturated rings. The number of aromatic nitrogens is 6. The largest absolute Gasteiger partial charge is 0.496 e. The van der Waals surface area contributed by atoms with E-state index in [2.05, 4.69) is 35.5 Å². The molecule has 12 aromatic rings. The van der Waals surface area contributed by atoms with Gasteiger partial charge in [-0.15, -0.1) is 38.5 Å². The van der Waals surface area contributed by atoms with Crippen molar-refractivity contribution in [2.75, 3.05) is 42.7 Å². The monoisotopic (exact) mass is 1280 g/mol. The molecular weight excluding hydrogens is 1240 g/mol. The highest BCUT2D eigenvalue weighted by Crippen LogP contribution is 2.36. The molecule has 28 rings (SSSR count). The Morgan fingerprint density at radius 1 is 0.229 bits per heavy atom. The average molecular weight is 1280 g/mol. The molecule has 24 nitrogen and oxygen atoms in total. The maximum absolute atomic E-state index is 14.8. The zero-order valence-corrected chi connectivity index (χ0v) is 51.2. The minimum absolute atomic E-state index is 0.0156. The van der Waals surface area contributed by atoms with Crippen molar-refractivity contribution in [1.82, 2.24) is 27.4 Å². The summed E-state index contributed by atoms with van der Waals surface area (Å²) in [5.74, 6) is 13.9. The Morgan fingerprint density at radius 3 is 0.417 bits per heavy atom. The minimum Gasteiger partial charge on any atom is -0.496 e. The molecule has 0 spiro atoms. The van der Waals surface area contributed by atoms with Gasteiger partial charge >= 0.3 is 0 Å². The van der Waals surface area contributed by atoms with Crippen LogP contribution in [0.4, 0.5) is 0 Å². The van der Waals surface area contributed by atoms with Crippen LogP contribution >= 0.6 is 0 Å². The molecule has 0 amide bonds. The van der Waals surface area contributed by atoms with E-state index in [1.807, 2.05) is 0 Å². The zero-order chi connectivity index (χ0) is 68.7. The van der Waals surface area contributed by atoms with Crippen LogP contribution in [-0.2, 0) is 39.3 Å². The van der Waals surface area contributed by atoms with E-state index in [0.717, 1.165) is 27.4 Å². The van der Waals surface area contributed by atoms with Crippen LogP contribution in [0, 0.1) is 74.1 Å². The fraction of sp³-hybridized carbons (Fsp3) is 0.167. The number of benzene rings is 6. The summed E-state index contributed by atoms with van der Waals surface area (Å²) in [5.41, 5.74) is -14.2. The lowest BCUT2D eigenvalue weighted by molar-refractivity contribution is 0.392. The van der Waals surface area contributed by atoms with Gasteiger partial charge in [-0.2, -0.15) is 0 Å². The van der Waals surface area contributed by atoms with Crippen LogP contribution in [0.15, 0.2) is 93.9 Å². The number of ether oxygens (including phenoxy) is 6. The number of rotatable bonds is 6. The fourth-order valence-corrected chi connectivity index (χ4v) is 13.6. The van der Waals surface area contributed by atoms with Crippen LogP contribution in [-0.4, -0.2) is 70.1 Å². The summed E-state index contributed by atoms with van der Waals surface area (Å²) in [6, 6.07) is 8.19. The first kappa shape index (κ1) is 61.2. The normalized spacial score (nSPS) is 12.2. The Balaban J connectivity index is 1.07. The van der Waals surface area contributed by atoms with Gasteiger partial charge in [0.2, 0.25) is 0 Å². The predicted octanol–water partition coefficient (Wildman–Crippen LogP) is 0.907. The van der Waals surface area contributed by atoms with Gasteiger partial charge in [-0.3, -0.25) is 84.9 Å². The van der Waals surface area contributed by atoms with Crippen molar-refractivity contribution in [3.63, 3.8) is 0 Å².